The highest BCUT2D eigenvalue weighted by molar-refractivity contribution is 7.99. The lowest BCUT2D eigenvalue weighted by molar-refractivity contribution is 0.324. The molecule has 2 nitrogen and oxygen atoms in total. The van der Waals surface area contributed by atoms with Crippen LogP contribution in [0.25, 0.3) is 0 Å². The van der Waals surface area contributed by atoms with Gasteiger partial charge in [-0.25, -0.2) is 4.39 Å². The van der Waals surface area contributed by atoms with Crippen LogP contribution in [-0.4, -0.2) is 24.2 Å². The summed E-state index contributed by atoms with van der Waals surface area (Å²) in [6.07, 6.45) is 1.60. The summed E-state index contributed by atoms with van der Waals surface area (Å²) in [6.45, 7) is 4.67. The van der Waals surface area contributed by atoms with Gasteiger partial charge in [0.15, 0.2) is 11.6 Å². The van der Waals surface area contributed by atoms with E-state index in [1.165, 1.54) is 6.07 Å². The molecule has 1 aromatic carbocycles. The lowest BCUT2D eigenvalue weighted by Gasteiger charge is -2.11. The third kappa shape index (κ3) is 5.27. The maximum Gasteiger partial charge on any atom is 0.165 e. The first-order valence-corrected chi connectivity index (χ1v) is 7.57. The maximum atomic E-state index is 13.7. The molecule has 18 heavy (non-hydrogen) atoms. The van der Waals surface area contributed by atoms with Gasteiger partial charge in [-0.05, 0) is 36.3 Å². The highest BCUT2D eigenvalue weighted by Gasteiger charge is 2.07. The Kier molecular flexibility index (Phi) is 7.13. The molecule has 0 radical (unpaired) electrons. The minimum absolute atomic E-state index is 0.0946. The Balaban J connectivity index is 2.51. The molecular formula is C14H22FNOS. The fraction of sp³-hybridized carbons (Fsp3) is 0.571. The topological polar surface area (TPSA) is 35.2 Å². The molecule has 0 spiro atoms. The first kappa shape index (κ1) is 15.3. The van der Waals surface area contributed by atoms with Crippen molar-refractivity contribution in [1.82, 2.24) is 0 Å². The Labute approximate surface area is 113 Å². The van der Waals surface area contributed by atoms with Crippen molar-refractivity contribution in [2.24, 2.45) is 5.73 Å². The predicted octanol–water partition coefficient (Wildman–Crippen LogP) is 3.24. The number of hydrogen-bond donors (Lipinski definition) is 1. The Hall–Kier alpha value is -0.740. The summed E-state index contributed by atoms with van der Waals surface area (Å²) in [5.41, 5.74) is 6.78. The standard InChI is InChI=1S/C14H22FNOS/c1-3-12(16)9-11-5-6-14(13(15)10-11)17-7-8-18-4-2/h5-6,10,12H,3-4,7-9,16H2,1-2H3. The van der Waals surface area contributed by atoms with Gasteiger partial charge in [0.25, 0.3) is 0 Å². The monoisotopic (exact) mass is 271 g/mol. The van der Waals surface area contributed by atoms with E-state index in [0.717, 1.165) is 23.5 Å². The van der Waals surface area contributed by atoms with Crippen molar-refractivity contribution >= 4 is 11.8 Å². The summed E-state index contributed by atoms with van der Waals surface area (Å²) < 4.78 is 19.1. The molecule has 0 aromatic heterocycles. The lowest BCUT2D eigenvalue weighted by Crippen LogP contribution is -2.21. The number of thioether (sulfide) groups is 1. The van der Waals surface area contributed by atoms with Crippen molar-refractivity contribution in [3.05, 3.63) is 29.6 Å². The summed E-state index contributed by atoms with van der Waals surface area (Å²) in [4.78, 5) is 0. The average molecular weight is 271 g/mol. The lowest BCUT2D eigenvalue weighted by atomic mass is 10.0. The number of halogens is 1. The first-order chi connectivity index (χ1) is 8.67. The molecule has 0 saturated carbocycles. The number of nitrogens with two attached hydrogens (primary N) is 1. The molecule has 1 atom stereocenters. The van der Waals surface area contributed by atoms with Gasteiger partial charge < -0.3 is 10.5 Å². The third-order valence-corrected chi connectivity index (χ3v) is 3.57. The number of hydrogen-bond acceptors (Lipinski definition) is 3. The Morgan fingerprint density at radius 1 is 1.39 bits per heavy atom. The van der Waals surface area contributed by atoms with E-state index in [0.29, 0.717) is 18.8 Å². The van der Waals surface area contributed by atoms with Gasteiger partial charge in [-0.15, -0.1) is 0 Å². The van der Waals surface area contributed by atoms with Crippen molar-refractivity contribution < 1.29 is 9.13 Å². The van der Waals surface area contributed by atoms with Gasteiger partial charge in [0.1, 0.15) is 0 Å². The van der Waals surface area contributed by atoms with Crippen LogP contribution in [0.3, 0.4) is 0 Å². The van der Waals surface area contributed by atoms with Gasteiger partial charge in [0.2, 0.25) is 0 Å². The fourth-order valence-corrected chi connectivity index (χ4v) is 2.08. The van der Waals surface area contributed by atoms with Crippen LogP contribution in [0, 0.1) is 5.82 Å². The smallest absolute Gasteiger partial charge is 0.165 e. The van der Waals surface area contributed by atoms with Crippen LogP contribution in [0.4, 0.5) is 4.39 Å². The third-order valence-electron chi connectivity index (χ3n) is 2.71. The molecule has 0 heterocycles. The summed E-state index contributed by atoms with van der Waals surface area (Å²) in [6, 6.07) is 5.21. The van der Waals surface area contributed by atoms with E-state index in [1.807, 2.05) is 13.0 Å². The van der Waals surface area contributed by atoms with Crippen LogP contribution in [0.1, 0.15) is 25.8 Å². The second-order valence-electron chi connectivity index (χ2n) is 4.18. The summed E-state index contributed by atoms with van der Waals surface area (Å²) in [5, 5.41) is 0. The molecule has 4 heteroatoms. The molecule has 0 bridgehead atoms. The van der Waals surface area contributed by atoms with Gasteiger partial charge in [0.05, 0.1) is 6.61 Å². The molecule has 1 unspecified atom stereocenters. The van der Waals surface area contributed by atoms with Gasteiger partial charge in [-0.3, -0.25) is 0 Å². The quantitative estimate of drug-likeness (QED) is 0.737. The van der Waals surface area contributed by atoms with E-state index >= 15 is 0 Å². The van der Waals surface area contributed by atoms with Crippen LogP contribution >= 0.6 is 11.8 Å². The van der Waals surface area contributed by atoms with Crippen LogP contribution < -0.4 is 10.5 Å². The zero-order chi connectivity index (χ0) is 13.4. The first-order valence-electron chi connectivity index (χ1n) is 6.41. The average Bonchev–Trinajstić information content (AvgIpc) is 2.36. The van der Waals surface area contributed by atoms with Crippen molar-refractivity contribution in [1.29, 1.82) is 0 Å². The van der Waals surface area contributed by atoms with Crippen molar-refractivity contribution in [2.75, 3.05) is 18.1 Å². The molecule has 102 valence electrons. The second kappa shape index (κ2) is 8.38. The van der Waals surface area contributed by atoms with Crippen LogP contribution in [-0.2, 0) is 6.42 Å². The maximum absolute atomic E-state index is 13.7. The highest BCUT2D eigenvalue weighted by Crippen LogP contribution is 2.19. The van der Waals surface area contributed by atoms with Crippen molar-refractivity contribution in [3.63, 3.8) is 0 Å². The van der Waals surface area contributed by atoms with E-state index in [4.69, 9.17) is 10.5 Å². The Morgan fingerprint density at radius 2 is 2.17 bits per heavy atom. The Morgan fingerprint density at radius 3 is 2.78 bits per heavy atom. The summed E-state index contributed by atoms with van der Waals surface area (Å²) in [7, 11) is 0. The van der Waals surface area contributed by atoms with Gasteiger partial charge in [-0.1, -0.05) is 19.9 Å². The van der Waals surface area contributed by atoms with E-state index in [2.05, 4.69) is 6.92 Å². The van der Waals surface area contributed by atoms with Crippen LogP contribution in [0.2, 0.25) is 0 Å². The molecule has 0 amide bonds. The Bertz CT molecular complexity index is 360. The molecule has 0 aliphatic heterocycles. The normalized spacial score (nSPS) is 12.4. The van der Waals surface area contributed by atoms with Crippen LogP contribution in [0.15, 0.2) is 18.2 Å². The van der Waals surface area contributed by atoms with E-state index in [1.54, 1.807) is 17.8 Å². The molecule has 0 fully saturated rings. The van der Waals surface area contributed by atoms with Gasteiger partial charge in [0, 0.05) is 11.8 Å². The summed E-state index contributed by atoms with van der Waals surface area (Å²) >= 11 is 1.78. The van der Waals surface area contributed by atoms with Crippen LogP contribution in [0.5, 0.6) is 5.75 Å². The second-order valence-corrected chi connectivity index (χ2v) is 5.58. The molecule has 2 N–H and O–H groups in total. The van der Waals surface area contributed by atoms with E-state index in [-0.39, 0.29) is 11.9 Å². The number of ether oxygens (including phenoxy) is 1. The number of benzene rings is 1. The predicted molar refractivity (Wildman–Crippen MR) is 76.9 cm³/mol. The molecule has 1 aromatic rings. The zero-order valence-corrected chi connectivity index (χ0v) is 11.9. The number of rotatable bonds is 8. The van der Waals surface area contributed by atoms with Gasteiger partial charge >= 0.3 is 0 Å². The van der Waals surface area contributed by atoms with Crippen molar-refractivity contribution in [3.8, 4) is 5.75 Å². The highest BCUT2D eigenvalue weighted by atomic mass is 32.2. The SMILES string of the molecule is CCSCCOc1ccc(CC(N)CC)cc1F. The van der Waals surface area contributed by atoms with Crippen molar-refractivity contribution in [2.45, 2.75) is 32.7 Å². The molecule has 0 saturated heterocycles. The molecule has 0 aliphatic rings. The van der Waals surface area contributed by atoms with E-state index < -0.39 is 0 Å². The largest absolute Gasteiger partial charge is 0.490 e. The molecule has 0 aliphatic carbocycles. The minimum atomic E-state index is -0.294. The van der Waals surface area contributed by atoms with Gasteiger partial charge in [-0.2, -0.15) is 11.8 Å². The summed E-state index contributed by atoms with van der Waals surface area (Å²) in [5.74, 6) is 1.98. The molecule has 1 rings (SSSR count). The minimum Gasteiger partial charge on any atom is -0.490 e. The zero-order valence-electron chi connectivity index (χ0n) is 11.1. The van der Waals surface area contributed by atoms with E-state index in [9.17, 15) is 4.39 Å². The fourth-order valence-electron chi connectivity index (χ4n) is 1.59. The molecular weight excluding hydrogens is 249 g/mol.